The Kier molecular flexibility index (Phi) is 6.24. The number of para-hydroxylation sites is 1. The first-order valence-electron chi connectivity index (χ1n) is 9.71. The van der Waals surface area contributed by atoms with Crippen molar-refractivity contribution in [1.82, 2.24) is 15.8 Å². The maximum Gasteiger partial charge on any atom is 0.269 e. The zero-order valence-corrected chi connectivity index (χ0v) is 17.2. The molecule has 1 aliphatic heterocycles. The summed E-state index contributed by atoms with van der Waals surface area (Å²) in [6, 6.07) is 14.9. The Morgan fingerprint density at radius 1 is 1.13 bits per heavy atom. The molecule has 2 amide bonds. The Labute approximate surface area is 178 Å². The number of nitrogens with zero attached hydrogens (tertiary/aromatic N) is 2. The van der Waals surface area contributed by atoms with E-state index in [4.69, 9.17) is 4.74 Å². The Bertz CT molecular complexity index is 1020. The van der Waals surface area contributed by atoms with E-state index in [0.717, 1.165) is 30.8 Å². The number of thiazole rings is 1. The Hall–Kier alpha value is -3.39. The molecule has 30 heavy (non-hydrogen) atoms. The summed E-state index contributed by atoms with van der Waals surface area (Å²) in [4.78, 5) is 31.0. The number of aryl methyl sites for hydroxylation is 1. The molecular formula is C22H22N4O3S. The van der Waals surface area contributed by atoms with Crippen molar-refractivity contribution in [2.75, 3.05) is 18.0 Å². The van der Waals surface area contributed by atoms with E-state index in [1.54, 1.807) is 29.8 Å². The van der Waals surface area contributed by atoms with Crippen molar-refractivity contribution < 1.29 is 14.3 Å². The van der Waals surface area contributed by atoms with E-state index in [9.17, 15) is 9.59 Å². The summed E-state index contributed by atoms with van der Waals surface area (Å²) < 4.78 is 5.67. The van der Waals surface area contributed by atoms with Crippen LogP contribution in [0.1, 0.15) is 28.0 Å². The highest BCUT2D eigenvalue weighted by Gasteiger charge is 2.19. The van der Waals surface area contributed by atoms with Gasteiger partial charge in [-0.05, 0) is 42.7 Å². The van der Waals surface area contributed by atoms with Crippen LogP contribution in [0.15, 0.2) is 59.4 Å². The fourth-order valence-electron chi connectivity index (χ4n) is 3.38. The van der Waals surface area contributed by atoms with Crippen molar-refractivity contribution in [2.24, 2.45) is 0 Å². The van der Waals surface area contributed by atoms with E-state index in [2.05, 4.69) is 21.9 Å². The molecule has 154 valence electrons. The van der Waals surface area contributed by atoms with Crippen molar-refractivity contribution in [3.8, 4) is 5.75 Å². The molecule has 2 aromatic carbocycles. The molecule has 0 aliphatic carbocycles. The number of aromatic nitrogens is 1. The number of carbonyl (C=O) groups is 2. The van der Waals surface area contributed by atoms with Crippen LogP contribution in [0.5, 0.6) is 5.75 Å². The van der Waals surface area contributed by atoms with Crippen molar-refractivity contribution in [3.63, 3.8) is 0 Å². The van der Waals surface area contributed by atoms with Gasteiger partial charge in [0.25, 0.3) is 11.8 Å². The third-order valence-corrected chi connectivity index (χ3v) is 5.46. The minimum Gasteiger partial charge on any atom is -0.487 e. The van der Waals surface area contributed by atoms with Crippen LogP contribution in [0.2, 0.25) is 0 Å². The number of fused-ring (bicyclic) bond motifs is 1. The van der Waals surface area contributed by atoms with Gasteiger partial charge < -0.3 is 9.64 Å². The molecule has 0 saturated heterocycles. The van der Waals surface area contributed by atoms with E-state index in [-0.39, 0.29) is 12.5 Å². The maximum absolute atomic E-state index is 12.4. The number of ether oxygens (including phenoxy) is 1. The van der Waals surface area contributed by atoms with Gasteiger partial charge in [-0.2, -0.15) is 0 Å². The molecule has 1 aromatic heterocycles. The quantitative estimate of drug-likeness (QED) is 0.597. The average molecular weight is 423 g/mol. The summed E-state index contributed by atoms with van der Waals surface area (Å²) in [5, 5.41) is 1.91. The predicted molar refractivity (Wildman–Crippen MR) is 115 cm³/mol. The van der Waals surface area contributed by atoms with E-state index < -0.39 is 5.91 Å². The number of carbonyl (C=O) groups excluding carboxylic acids is 2. The number of hydrazine groups is 1. The van der Waals surface area contributed by atoms with E-state index in [1.165, 1.54) is 16.9 Å². The van der Waals surface area contributed by atoms with Crippen LogP contribution in [0.4, 0.5) is 5.69 Å². The summed E-state index contributed by atoms with van der Waals surface area (Å²) in [5.41, 5.74) is 10.3. The largest absolute Gasteiger partial charge is 0.487 e. The first kappa shape index (κ1) is 19.9. The zero-order valence-electron chi connectivity index (χ0n) is 16.3. The molecule has 0 bridgehead atoms. The average Bonchev–Trinajstić information content (AvgIpc) is 3.30. The van der Waals surface area contributed by atoms with E-state index >= 15 is 0 Å². The van der Waals surface area contributed by atoms with Gasteiger partial charge >= 0.3 is 0 Å². The molecule has 3 aromatic rings. The second kappa shape index (κ2) is 9.41. The number of benzene rings is 2. The van der Waals surface area contributed by atoms with E-state index in [0.29, 0.717) is 17.9 Å². The topological polar surface area (TPSA) is 83.6 Å². The van der Waals surface area contributed by atoms with E-state index in [1.807, 2.05) is 28.5 Å². The van der Waals surface area contributed by atoms with Crippen LogP contribution in [0, 0.1) is 0 Å². The van der Waals surface area contributed by atoms with Crippen LogP contribution in [0.3, 0.4) is 0 Å². The van der Waals surface area contributed by atoms with Gasteiger partial charge in [0, 0.05) is 23.2 Å². The highest BCUT2D eigenvalue weighted by atomic mass is 32.1. The molecule has 8 heteroatoms. The summed E-state index contributed by atoms with van der Waals surface area (Å²) in [7, 11) is 0. The highest BCUT2D eigenvalue weighted by molar-refractivity contribution is 7.07. The molecular weight excluding hydrogens is 400 g/mol. The Morgan fingerprint density at radius 3 is 2.90 bits per heavy atom. The lowest BCUT2D eigenvalue weighted by molar-refractivity contribution is -0.120. The smallest absolute Gasteiger partial charge is 0.269 e. The lowest BCUT2D eigenvalue weighted by Gasteiger charge is -2.30. The molecule has 0 atom stereocenters. The molecule has 0 fully saturated rings. The summed E-state index contributed by atoms with van der Waals surface area (Å²) in [6.45, 7) is 1.34. The molecule has 0 spiro atoms. The number of hydrogen-bond acceptors (Lipinski definition) is 6. The normalized spacial score (nSPS) is 12.7. The van der Waals surface area contributed by atoms with Gasteiger partial charge in [-0.3, -0.25) is 20.4 Å². The lowest BCUT2D eigenvalue weighted by atomic mass is 10.0. The SMILES string of the molecule is O=C(CN1CCCc2ccccc21)NNC(=O)c1cccc(OCc2cscn2)c1. The number of rotatable bonds is 6. The van der Waals surface area contributed by atoms with Crippen LogP contribution >= 0.6 is 11.3 Å². The fourth-order valence-corrected chi connectivity index (χ4v) is 3.92. The second-order valence-electron chi connectivity index (χ2n) is 6.95. The number of amides is 2. The highest BCUT2D eigenvalue weighted by Crippen LogP contribution is 2.26. The minimum atomic E-state index is -0.401. The first-order valence-corrected chi connectivity index (χ1v) is 10.7. The van der Waals surface area contributed by atoms with Crippen molar-refractivity contribution in [3.05, 3.63) is 76.2 Å². The monoisotopic (exact) mass is 422 g/mol. The molecule has 0 unspecified atom stereocenters. The third-order valence-electron chi connectivity index (χ3n) is 4.82. The lowest BCUT2D eigenvalue weighted by Crippen LogP contribution is -2.47. The van der Waals surface area contributed by atoms with Crippen LogP contribution in [-0.4, -0.2) is 29.9 Å². The maximum atomic E-state index is 12.4. The Morgan fingerprint density at radius 2 is 2.03 bits per heavy atom. The molecule has 2 heterocycles. The van der Waals surface area contributed by atoms with Crippen molar-refractivity contribution in [2.45, 2.75) is 19.4 Å². The predicted octanol–water partition coefficient (Wildman–Crippen LogP) is 2.94. The molecule has 0 radical (unpaired) electrons. The van der Waals surface area contributed by atoms with Crippen LogP contribution in [0.25, 0.3) is 0 Å². The Balaban J connectivity index is 1.29. The van der Waals surface area contributed by atoms with Gasteiger partial charge in [0.15, 0.2) is 0 Å². The van der Waals surface area contributed by atoms with Gasteiger partial charge in [-0.1, -0.05) is 24.3 Å². The number of anilines is 1. The minimum absolute atomic E-state index is 0.189. The standard InChI is InChI=1S/C22H22N4O3S/c27-21(12-26-10-4-7-16-5-1-2-9-20(16)26)24-25-22(28)17-6-3-8-19(11-17)29-13-18-14-30-15-23-18/h1-3,5-6,8-9,11,14-15H,4,7,10,12-13H2,(H,24,27)(H,25,28). The molecule has 7 nitrogen and oxygen atoms in total. The fraction of sp³-hybridized carbons (Fsp3) is 0.227. The molecule has 1 aliphatic rings. The van der Waals surface area contributed by atoms with Gasteiger partial charge in [-0.15, -0.1) is 11.3 Å². The summed E-state index contributed by atoms with van der Waals surface area (Å²) in [6.07, 6.45) is 2.02. The molecule has 0 saturated carbocycles. The van der Waals surface area contributed by atoms with Crippen molar-refractivity contribution in [1.29, 1.82) is 0 Å². The van der Waals surface area contributed by atoms with Gasteiger partial charge in [0.05, 0.1) is 17.7 Å². The van der Waals surface area contributed by atoms with Gasteiger partial charge in [0.1, 0.15) is 12.4 Å². The summed E-state index contributed by atoms with van der Waals surface area (Å²) >= 11 is 1.50. The van der Waals surface area contributed by atoms with Crippen molar-refractivity contribution >= 4 is 28.8 Å². The zero-order chi connectivity index (χ0) is 20.8. The molecule has 4 rings (SSSR count). The van der Waals surface area contributed by atoms with Gasteiger partial charge in [-0.25, -0.2) is 4.98 Å². The summed E-state index contributed by atoms with van der Waals surface area (Å²) in [5.74, 6) is -0.107. The molecule has 2 N–H and O–H groups in total. The number of hydrogen-bond donors (Lipinski definition) is 2. The van der Waals surface area contributed by atoms with Gasteiger partial charge in [0.2, 0.25) is 0 Å². The number of nitrogens with one attached hydrogen (secondary N) is 2. The third kappa shape index (κ3) is 4.96. The first-order chi connectivity index (χ1) is 14.7. The van der Waals surface area contributed by atoms with Crippen LogP contribution in [-0.2, 0) is 17.8 Å². The van der Waals surface area contributed by atoms with Crippen LogP contribution < -0.4 is 20.5 Å². The second-order valence-corrected chi connectivity index (χ2v) is 7.67.